The molecule has 0 aliphatic carbocycles. The number of rotatable bonds is 3. The topological polar surface area (TPSA) is 4.93 Å². The van der Waals surface area contributed by atoms with E-state index in [9.17, 15) is 0 Å². The number of para-hydroxylation sites is 1. The third kappa shape index (κ3) is 2.30. The third-order valence-corrected chi connectivity index (χ3v) is 2.48. The Labute approximate surface area is 91.4 Å². The Morgan fingerprint density at radius 3 is 2.40 bits per heavy atom. The van der Waals surface area contributed by atoms with Gasteiger partial charge in [-0.1, -0.05) is 32.0 Å². The van der Waals surface area contributed by atoms with Gasteiger partial charge in [0.2, 0.25) is 0 Å². The zero-order valence-electron chi connectivity index (χ0n) is 9.35. The van der Waals surface area contributed by atoms with Gasteiger partial charge >= 0.3 is 0 Å². The van der Waals surface area contributed by atoms with Gasteiger partial charge in [0.05, 0.1) is 0 Å². The summed E-state index contributed by atoms with van der Waals surface area (Å²) in [6.45, 7) is 4.50. The van der Waals surface area contributed by atoms with E-state index in [1.54, 1.807) is 0 Å². The van der Waals surface area contributed by atoms with Gasteiger partial charge in [0.25, 0.3) is 0 Å². The highest BCUT2D eigenvalue weighted by Gasteiger charge is 2.04. The van der Waals surface area contributed by atoms with Crippen molar-refractivity contribution in [2.24, 2.45) is 5.92 Å². The fraction of sp³-hybridized carbons (Fsp3) is 0.286. The van der Waals surface area contributed by atoms with Crippen LogP contribution in [0.2, 0.25) is 0 Å². The maximum atomic E-state index is 2.26. The number of nitrogens with zero attached hydrogens (tertiary/aromatic N) is 1. The molecular formula is C14H17N. The Morgan fingerprint density at radius 1 is 1.00 bits per heavy atom. The highest BCUT2D eigenvalue weighted by molar-refractivity contribution is 5.34. The fourth-order valence-corrected chi connectivity index (χ4v) is 1.84. The van der Waals surface area contributed by atoms with Crippen molar-refractivity contribution in [3.63, 3.8) is 0 Å². The maximum Gasteiger partial charge on any atom is 0.0452 e. The molecule has 1 nitrogen and oxygen atoms in total. The van der Waals surface area contributed by atoms with Crippen molar-refractivity contribution in [1.29, 1.82) is 0 Å². The predicted molar refractivity (Wildman–Crippen MR) is 64.3 cm³/mol. The Kier molecular flexibility index (Phi) is 2.91. The Bertz CT molecular complexity index is 412. The molecule has 78 valence electrons. The van der Waals surface area contributed by atoms with Crippen LogP contribution >= 0.6 is 0 Å². The molecule has 0 aliphatic rings. The van der Waals surface area contributed by atoms with Crippen molar-refractivity contribution in [3.05, 3.63) is 54.4 Å². The van der Waals surface area contributed by atoms with Gasteiger partial charge in [0.1, 0.15) is 0 Å². The molecule has 0 saturated carbocycles. The number of benzene rings is 1. The van der Waals surface area contributed by atoms with Crippen molar-refractivity contribution in [1.82, 2.24) is 4.57 Å². The van der Waals surface area contributed by atoms with E-state index < -0.39 is 0 Å². The van der Waals surface area contributed by atoms with Crippen LogP contribution in [0, 0.1) is 5.92 Å². The monoisotopic (exact) mass is 199 g/mol. The highest BCUT2D eigenvalue weighted by atomic mass is 15.0. The van der Waals surface area contributed by atoms with Crippen LogP contribution in [-0.2, 0) is 6.42 Å². The van der Waals surface area contributed by atoms with Crippen molar-refractivity contribution in [3.8, 4) is 5.69 Å². The van der Waals surface area contributed by atoms with Gasteiger partial charge in [0, 0.05) is 17.6 Å². The molecule has 0 spiro atoms. The number of hydrogen-bond acceptors (Lipinski definition) is 0. The largest absolute Gasteiger partial charge is 0.321 e. The third-order valence-electron chi connectivity index (χ3n) is 2.48. The molecule has 0 aliphatic heterocycles. The van der Waals surface area contributed by atoms with Gasteiger partial charge in [-0.05, 0) is 36.6 Å². The molecule has 0 N–H and O–H groups in total. The molecule has 2 rings (SSSR count). The van der Waals surface area contributed by atoms with E-state index in [0.29, 0.717) is 5.92 Å². The second-order valence-electron chi connectivity index (χ2n) is 4.30. The lowest BCUT2D eigenvalue weighted by Crippen LogP contribution is -2.02. The molecule has 0 atom stereocenters. The molecule has 2 aromatic rings. The maximum absolute atomic E-state index is 2.26. The van der Waals surface area contributed by atoms with E-state index in [4.69, 9.17) is 0 Å². The number of hydrogen-bond donors (Lipinski definition) is 0. The molecule has 0 unspecified atom stereocenters. The van der Waals surface area contributed by atoms with Gasteiger partial charge in [-0.2, -0.15) is 0 Å². The summed E-state index contributed by atoms with van der Waals surface area (Å²) in [6, 6.07) is 14.8. The molecular weight excluding hydrogens is 182 g/mol. The molecule has 0 fully saturated rings. The van der Waals surface area contributed by atoms with Crippen LogP contribution < -0.4 is 0 Å². The van der Waals surface area contributed by atoms with Gasteiger partial charge in [-0.3, -0.25) is 0 Å². The zero-order chi connectivity index (χ0) is 10.7. The lowest BCUT2D eigenvalue weighted by Gasteiger charge is -2.10. The standard InChI is InChI=1S/C14H17N/c1-12(2)11-14-9-6-10-15(14)13-7-4-3-5-8-13/h3-10,12H,11H2,1-2H3. The Balaban J connectivity index is 2.33. The average Bonchev–Trinajstić information content (AvgIpc) is 2.66. The minimum absolute atomic E-state index is 0.697. The predicted octanol–water partition coefficient (Wildman–Crippen LogP) is 3.68. The van der Waals surface area contributed by atoms with Crippen LogP contribution in [-0.4, -0.2) is 4.57 Å². The summed E-state index contributed by atoms with van der Waals surface area (Å²) in [4.78, 5) is 0. The fourth-order valence-electron chi connectivity index (χ4n) is 1.84. The summed E-state index contributed by atoms with van der Waals surface area (Å²) < 4.78 is 2.26. The quantitative estimate of drug-likeness (QED) is 0.710. The van der Waals surface area contributed by atoms with E-state index in [2.05, 4.69) is 67.1 Å². The van der Waals surface area contributed by atoms with Gasteiger partial charge < -0.3 is 4.57 Å². The molecule has 1 heteroatoms. The Hall–Kier alpha value is -1.50. The van der Waals surface area contributed by atoms with Crippen LogP contribution in [0.15, 0.2) is 48.7 Å². The van der Waals surface area contributed by atoms with E-state index in [1.807, 2.05) is 0 Å². The lowest BCUT2D eigenvalue weighted by molar-refractivity contribution is 0.627. The van der Waals surface area contributed by atoms with E-state index in [-0.39, 0.29) is 0 Å². The molecule has 15 heavy (non-hydrogen) atoms. The minimum atomic E-state index is 0.697. The second-order valence-corrected chi connectivity index (χ2v) is 4.30. The lowest BCUT2D eigenvalue weighted by atomic mass is 10.1. The van der Waals surface area contributed by atoms with Crippen LogP contribution in [0.3, 0.4) is 0 Å². The van der Waals surface area contributed by atoms with Crippen LogP contribution in [0.4, 0.5) is 0 Å². The molecule has 0 saturated heterocycles. The molecule has 0 bridgehead atoms. The Morgan fingerprint density at radius 2 is 1.73 bits per heavy atom. The molecule has 0 amide bonds. The summed E-state index contributed by atoms with van der Waals surface area (Å²) in [6.07, 6.45) is 3.26. The van der Waals surface area contributed by atoms with Crippen molar-refractivity contribution in [2.75, 3.05) is 0 Å². The summed E-state index contributed by atoms with van der Waals surface area (Å²) in [5, 5.41) is 0. The first kappa shape index (κ1) is 10.0. The minimum Gasteiger partial charge on any atom is -0.321 e. The summed E-state index contributed by atoms with van der Waals surface area (Å²) in [7, 11) is 0. The van der Waals surface area contributed by atoms with Crippen LogP contribution in [0.1, 0.15) is 19.5 Å². The normalized spacial score (nSPS) is 10.9. The van der Waals surface area contributed by atoms with Crippen LogP contribution in [0.5, 0.6) is 0 Å². The SMILES string of the molecule is CC(C)Cc1cccn1-c1ccccc1. The first-order chi connectivity index (χ1) is 7.27. The van der Waals surface area contributed by atoms with Gasteiger partial charge in [0.15, 0.2) is 0 Å². The first-order valence-electron chi connectivity index (χ1n) is 5.49. The summed E-state index contributed by atoms with van der Waals surface area (Å²) in [5.41, 5.74) is 2.63. The van der Waals surface area contributed by atoms with Gasteiger partial charge in [-0.15, -0.1) is 0 Å². The summed E-state index contributed by atoms with van der Waals surface area (Å²) >= 11 is 0. The second kappa shape index (κ2) is 4.35. The van der Waals surface area contributed by atoms with Gasteiger partial charge in [-0.25, -0.2) is 0 Å². The highest BCUT2D eigenvalue weighted by Crippen LogP contribution is 2.15. The zero-order valence-corrected chi connectivity index (χ0v) is 9.35. The van der Waals surface area contributed by atoms with E-state index in [0.717, 1.165) is 6.42 Å². The molecule has 1 aromatic carbocycles. The number of aromatic nitrogens is 1. The van der Waals surface area contributed by atoms with Crippen molar-refractivity contribution in [2.45, 2.75) is 20.3 Å². The van der Waals surface area contributed by atoms with Crippen LogP contribution in [0.25, 0.3) is 5.69 Å². The molecule has 1 heterocycles. The van der Waals surface area contributed by atoms with E-state index >= 15 is 0 Å². The summed E-state index contributed by atoms with van der Waals surface area (Å²) in [5.74, 6) is 0.697. The molecule has 1 aromatic heterocycles. The molecule has 0 radical (unpaired) electrons. The van der Waals surface area contributed by atoms with Crippen molar-refractivity contribution >= 4 is 0 Å². The average molecular weight is 199 g/mol. The van der Waals surface area contributed by atoms with E-state index in [1.165, 1.54) is 11.4 Å². The smallest absolute Gasteiger partial charge is 0.0452 e. The van der Waals surface area contributed by atoms with Crippen molar-refractivity contribution < 1.29 is 0 Å². The first-order valence-corrected chi connectivity index (χ1v) is 5.49.